The highest BCUT2D eigenvalue weighted by Gasteiger charge is 2.33. The van der Waals surface area contributed by atoms with E-state index in [1.807, 2.05) is 30.5 Å². The minimum atomic E-state index is -0.146. The highest BCUT2D eigenvalue weighted by molar-refractivity contribution is 5.98. The Kier molecular flexibility index (Phi) is 4.58. The van der Waals surface area contributed by atoms with E-state index in [2.05, 4.69) is 6.58 Å². The van der Waals surface area contributed by atoms with E-state index in [9.17, 15) is 9.59 Å². The largest absolute Gasteiger partial charge is 0.459 e. The van der Waals surface area contributed by atoms with Gasteiger partial charge in [-0.1, -0.05) is 12.2 Å². The fourth-order valence-corrected chi connectivity index (χ4v) is 3.73. The van der Waals surface area contributed by atoms with Crippen molar-refractivity contribution in [3.63, 3.8) is 0 Å². The van der Waals surface area contributed by atoms with Crippen molar-refractivity contribution in [1.82, 2.24) is 14.4 Å². The summed E-state index contributed by atoms with van der Waals surface area (Å²) in [5.74, 6) is 0.111. The first kappa shape index (κ1) is 18.2. The molecule has 28 heavy (non-hydrogen) atoms. The van der Waals surface area contributed by atoms with Crippen LogP contribution in [0.2, 0.25) is 0 Å². The zero-order chi connectivity index (χ0) is 19.8. The number of carbonyl (C=O) groups is 2. The number of rotatable bonds is 4. The Balaban J connectivity index is 1.54. The second kappa shape index (κ2) is 7.07. The molecule has 1 fully saturated rings. The van der Waals surface area contributed by atoms with E-state index < -0.39 is 0 Å². The Labute approximate surface area is 162 Å². The summed E-state index contributed by atoms with van der Waals surface area (Å²) in [5.41, 5.74) is 2.19. The van der Waals surface area contributed by atoms with Crippen LogP contribution in [0.25, 0.3) is 11.1 Å². The van der Waals surface area contributed by atoms with Gasteiger partial charge >= 0.3 is 0 Å². The number of fused-ring (bicyclic) bond motifs is 1. The third kappa shape index (κ3) is 3.13. The van der Waals surface area contributed by atoms with Gasteiger partial charge in [-0.2, -0.15) is 0 Å². The van der Waals surface area contributed by atoms with Gasteiger partial charge in [0.25, 0.3) is 11.8 Å². The number of nitrogens with zero attached hydrogens (tertiary/aromatic N) is 3. The lowest BCUT2D eigenvalue weighted by atomic mass is 10.1. The molecule has 0 aliphatic carbocycles. The van der Waals surface area contributed by atoms with E-state index >= 15 is 0 Å². The maximum absolute atomic E-state index is 13.2. The summed E-state index contributed by atoms with van der Waals surface area (Å²) >= 11 is 0. The Morgan fingerprint density at radius 2 is 2.00 bits per heavy atom. The van der Waals surface area contributed by atoms with Crippen LogP contribution in [0.1, 0.15) is 34.9 Å². The molecule has 0 N–H and O–H groups in total. The Morgan fingerprint density at radius 3 is 2.68 bits per heavy atom. The van der Waals surface area contributed by atoms with Crippen LogP contribution in [0.15, 0.2) is 57.8 Å². The lowest BCUT2D eigenvalue weighted by molar-refractivity contribution is 0.0391. The van der Waals surface area contributed by atoms with E-state index in [0.717, 1.165) is 11.0 Å². The fraction of sp³-hybridized carbons (Fsp3) is 0.333. The second-order valence-electron chi connectivity index (χ2n) is 7.33. The van der Waals surface area contributed by atoms with Crippen molar-refractivity contribution < 1.29 is 18.4 Å². The minimum absolute atomic E-state index is 0.0652. The van der Waals surface area contributed by atoms with E-state index in [0.29, 0.717) is 43.3 Å². The summed E-state index contributed by atoms with van der Waals surface area (Å²) < 4.78 is 12.7. The Morgan fingerprint density at radius 1 is 1.18 bits per heavy atom. The van der Waals surface area contributed by atoms with Crippen LogP contribution < -0.4 is 0 Å². The molecule has 0 saturated carbocycles. The molecular formula is C21H23N3O4. The summed E-state index contributed by atoms with van der Waals surface area (Å²) in [5, 5.41) is 0.893. The fourth-order valence-electron chi connectivity index (χ4n) is 3.73. The molecule has 1 aliphatic heterocycles. The van der Waals surface area contributed by atoms with Gasteiger partial charge in [-0.15, -0.1) is 0 Å². The van der Waals surface area contributed by atoms with Crippen molar-refractivity contribution in [2.75, 3.05) is 19.6 Å². The number of hydrogen-bond donors (Lipinski definition) is 0. The zero-order valence-electron chi connectivity index (χ0n) is 16.1. The van der Waals surface area contributed by atoms with Crippen LogP contribution in [0.5, 0.6) is 0 Å². The molecule has 0 spiro atoms. The number of amides is 2. The molecule has 0 unspecified atom stereocenters. The molecule has 4 rings (SSSR count). The van der Waals surface area contributed by atoms with Crippen molar-refractivity contribution in [2.45, 2.75) is 26.4 Å². The number of carbonyl (C=O) groups excluding carboxylic acids is 2. The molecule has 1 saturated heterocycles. The van der Waals surface area contributed by atoms with Gasteiger partial charge in [0.2, 0.25) is 5.71 Å². The lowest BCUT2D eigenvalue weighted by Gasteiger charge is -2.39. The summed E-state index contributed by atoms with van der Waals surface area (Å²) in [6, 6.07) is 6.96. The van der Waals surface area contributed by atoms with Gasteiger partial charge in [-0.25, -0.2) is 0 Å². The van der Waals surface area contributed by atoms with Gasteiger partial charge in [0.05, 0.1) is 12.5 Å². The first-order valence-corrected chi connectivity index (χ1v) is 9.30. The number of piperazine rings is 1. The number of furan rings is 2. The number of hydrogen-bond acceptors (Lipinski definition) is 4. The topological polar surface area (TPSA) is 71.8 Å². The van der Waals surface area contributed by atoms with Crippen LogP contribution in [0.3, 0.4) is 0 Å². The normalized spacial score (nSPS) is 17.3. The van der Waals surface area contributed by atoms with Gasteiger partial charge in [0, 0.05) is 37.6 Å². The predicted octanol–water partition coefficient (Wildman–Crippen LogP) is 3.39. The average Bonchev–Trinajstić information content (AvgIpc) is 3.39. The standard InChI is InChI=1S/C21H23N3O4/c1-14(2)12-24-17(11-16-6-10-28-21(16)24)19(25)22-7-8-23(15(3)13-22)20(26)18-5-4-9-27-18/h4-6,9-11,15H,1,7-8,12-13H2,2-3H3/t15-/m0/s1. The van der Waals surface area contributed by atoms with Crippen LogP contribution in [-0.2, 0) is 6.54 Å². The van der Waals surface area contributed by atoms with E-state index in [1.165, 1.54) is 6.26 Å². The van der Waals surface area contributed by atoms with Crippen molar-refractivity contribution in [3.8, 4) is 0 Å². The monoisotopic (exact) mass is 381 g/mol. The van der Waals surface area contributed by atoms with E-state index in [4.69, 9.17) is 8.83 Å². The van der Waals surface area contributed by atoms with Crippen molar-refractivity contribution in [1.29, 1.82) is 0 Å². The molecule has 1 aliphatic rings. The van der Waals surface area contributed by atoms with E-state index in [-0.39, 0.29) is 17.9 Å². The molecule has 0 radical (unpaired) electrons. The SMILES string of the molecule is C=C(C)Cn1c(C(=O)N2CCN(C(=O)c3ccco3)[C@@H](C)C2)cc2ccoc21. The summed E-state index contributed by atoms with van der Waals surface area (Å²) in [6.07, 6.45) is 3.11. The third-order valence-corrected chi connectivity index (χ3v) is 5.06. The quantitative estimate of drug-likeness (QED) is 0.650. The molecule has 3 aromatic rings. The second-order valence-corrected chi connectivity index (χ2v) is 7.33. The molecular weight excluding hydrogens is 358 g/mol. The summed E-state index contributed by atoms with van der Waals surface area (Å²) in [7, 11) is 0. The molecule has 3 aromatic heterocycles. The highest BCUT2D eigenvalue weighted by Crippen LogP contribution is 2.24. The zero-order valence-corrected chi connectivity index (χ0v) is 16.1. The molecule has 7 heteroatoms. The predicted molar refractivity (Wildman–Crippen MR) is 104 cm³/mol. The number of allylic oxidation sites excluding steroid dienone is 1. The molecule has 146 valence electrons. The van der Waals surface area contributed by atoms with Gasteiger partial charge in [0.1, 0.15) is 5.69 Å². The van der Waals surface area contributed by atoms with Crippen LogP contribution >= 0.6 is 0 Å². The molecule has 2 amide bonds. The maximum Gasteiger partial charge on any atom is 0.289 e. The van der Waals surface area contributed by atoms with Crippen LogP contribution in [0.4, 0.5) is 0 Å². The average molecular weight is 381 g/mol. The van der Waals surface area contributed by atoms with Gasteiger partial charge in [-0.05, 0) is 38.1 Å². The van der Waals surface area contributed by atoms with Crippen molar-refractivity contribution >= 4 is 22.9 Å². The van der Waals surface area contributed by atoms with Crippen LogP contribution in [-0.4, -0.2) is 51.9 Å². The van der Waals surface area contributed by atoms with Crippen LogP contribution in [0, 0.1) is 0 Å². The van der Waals surface area contributed by atoms with E-state index in [1.54, 1.807) is 28.2 Å². The first-order valence-electron chi connectivity index (χ1n) is 9.30. The first-order chi connectivity index (χ1) is 13.5. The molecule has 1 atom stereocenters. The molecule has 7 nitrogen and oxygen atoms in total. The lowest BCUT2D eigenvalue weighted by Crippen LogP contribution is -2.55. The third-order valence-electron chi connectivity index (χ3n) is 5.06. The summed E-state index contributed by atoms with van der Waals surface area (Å²) in [4.78, 5) is 29.4. The number of aromatic nitrogens is 1. The molecule has 0 bridgehead atoms. The molecule has 4 heterocycles. The Hall–Kier alpha value is -3.22. The Bertz CT molecular complexity index is 1030. The van der Waals surface area contributed by atoms with Gasteiger partial charge < -0.3 is 23.2 Å². The van der Waals surface area contributed by atoms with Gasteiger partial charge in [0.15, 0.2) is 5.76 Å². The maximum atomic E-state index is 13.2. The highest BCUT2D eigenvalue weighted by atomic mass is 16.3. The minimum Gasteiger partial charge on any atom is -0.459 e. The van der Waals surface area contributed by atoms with Crippen molar-refractivity contribution in [2.24, 2.45) is 0 Å². The summed E-state index contributed by atoms with van der Waals surface area (Å²) in [6.45, 7) is 9.73. The van der Waals surface area contributed by atoms with Gasteiger partial charge in [-0.3, -0.25) is 9.59 Å². The van der Waals surface area contributed by atoms with Crippen molar-refractivity contribution in [3.05, 3.63) is 60.4 Å². The molecule has 0 aromatic carbocycles. The smallest absolute Gasteiger partial charge is 0.289 e.